The second-order valence-corrected chi connectivity index (χ2v) is 7.00. The highest BCUT2D eigenvalue weighted by Gasteiger charge is 2.10. The fourth-order valence-electron chi connectivity index (χ4n) is 3.26. The van der Waals surface area contributed by atoms with Gasteiger partial charge in [0.15, 0.2) is 0 Å². The van der Waals surface area contributed by atoms with Gasteiger partial charge in [-0.2, -0.15) is 0 Å². The summed E-state index contributed by atoms with van der Waals surface area (Å²) in [6, 6.07) is 12.3. The second-order valence-electron chi connectivity index (χ2n) is 7.00. The van der Waals surface area contributed by atoms with E-state index in [9.17, 15) is 8.78 Å². The quantitative estimate of drug-likeness (QED) is 0.293. The SMILES string of the molecule is CON=C(CCC/C(=N/OC)c1ccc(F)cc1)CCC/C(=N\OC)c1ccc(F)cc1. The van der Waals surface area contributed by atoms with E-state index < -0.39 is 0 Å². The summed E-state index contributed by atoms with van der Waals surface area (Å²) in [6.07, 6.45) is 4.27. The molecule has 0 radical (unpaired) electrons. The molecule has 0 fully saturated rings. The first-order valence-electron chi connectivity index (χ1n) is 10.4. The summed E-state index contributed by atoms with van der Waals surface area (Å²) in [7, 11) is 4.50. The predicted molar refractivity (Wildman–Crippen MR) is 122 cm³/mol. The highest BCUT2D eigenvalue weighted by Crippen LogP contribution is 2.15. The molecule has 0 spiro atoms. The van der Waals surface area contributed by atoms with E-state index in [1.807, 2.05) is 0 Å². The maximum atomic E-state index is 13.2. The van der Waals surface area contributed by atoms with Crippen molar-refractivity contribution in [3.05, 3.63) is 71.3 Å². The zero-order valence-corrected chi connectivity index (χ0v) is 18.7. The molecule has 2 aromatic carbocycles. The smallest absolute Gasteiger partial charge is 0.123 e. The molecule has 0 amide bonds. The van der Waals surface area contributed by atoms with Crippen LogP contribution in [-0.4, -0.2) is 38.5 Å². The Morgan fingerprint density at radius 2 is 0.969 bits per heavy atom. The van der Waals surface area contributed by atoms with Gasteiger partial charge in [-0.25, -0.2) is 8.78 Å². The lowest BCUT2D eigenvalue weighted by atomic mass is 9.99. The van der Waals surface area contributed by atoms with Crippen LogP contribution in [0.1, 0.15) is 49.7 Å². The normalized spacial score (nSPS) is 12.6. The Kier molecular flexibility index (Phi) is 10.8. The van der Waals surface area contributed by atoms with Gasteiger partial charge in [0.1, 0.15) is 33.0 Å². The molecule has 2 rings (SSSR count). The van der Waals surface area contributed by atoms with Gasteiger partial charge in [0.2, 0.25) is 0 Å². The van der Waals surface area contributed by atoms with Crippen molar-refractivity contribution in [1.29, 1.82) is 0 Å². The summed E-state index contributed by atoms with van der Waals surface area (Å²) >= 11 is 0. The predicted octanol–water partition coefficient (Wildman–Crippen LogP) is 5.71. The van der Waals surface area contributed by atoms with Gasteiger partial charge >= 0.3 is 0 Å². The van der Waals surface area contributed by atoms with E-state index in [1.54, 1.807) is 24.3 Å². The Hall–Kier alpha value is -3.29. The van der Waals surface area contributed by atoms with Crippen molar-refractivity contribution in [1.82, 2.24) is 0 Å². The molecular formula is C24H29F2N3O3. The first kappa shape index (κ1) is 25.0. The average Bonchev–Trinajstić information content (AvgIpc) is 2.79. The molecular weight excluding hydrogens is 416 g/mol. The van der Waals surface area contributed by atoms with E-state index in [-0.39, 0.29) is 11.6 Å². The first-order valence-corrected chi connectivity index (χ1v) is 10.4. The molecule has 0 atom stereocenters. The van der Waals surface area contributed by atoms with Gasteiger partial charge in [-0.3, -0.25) is 0 Å². The number of rotatable bonds is 13. The Bertz CT molecular complexity index is 840. The van der Waals surface area contributed by atoms with Gasteiger partial charge in [0.25, 0.3) is 0 Å². The number of nitrogens with zero attached hydrogens (tertiary/aromatic N) is 3. The molecule has 0 aromatic heterocycles. The van der Waals surface area contributed by atoms with Crippen LogP contribution in [0.2, 0.25) is 0 Å². The van der Waals surface area contributed by atoms with Gasteiger partial charge in [-0.15, -0.1) is 0 Å². The van der Waals surface area contributed by atoms with Crippen molar-refractivity contribution in [2.45, 2.75) is 38.5 Å². The van der Waals surface area contributed by atoms with Gasteiger partial charge < -0.3 is 14.5 Å². The largest absolute Gasteiger partial charge is 0.399 e. The minimum atomic E-state index is -0.294. The van der Waals surface area contributed by atoms with Crippen LogP contribution in [0, 0.1) is 11.6 Å². The van der Waals surface area contributed by atoms with Crippen LogP contribution in [0.15, 0.2) is 64.0 Å². The third-order valence-electron chi connectivity index (χ3n) is 4.74. The summed E-state index contributed by atoms with van der Waals surface area (Å²) in [5, 5.41) is 12.3. The standard InChI is InChI=1S/C24H29F2N3O3/c1-30-27-22(6-4-8-23(28-31-2)18-10-14-20(25)15-11-18)7-5-9-24(29-32-3)19-12-16-21(26)17-13-19/h10-17H,4-9H2,1-3H3/b27-22?,28-23-,29-24+. The Morgan fingerprint density at radius 3 is 1.31 bits per heavy atom. The molecule has 0 bridgehead atoms. The lowest BCUT2D eigenvalue weighted by Gasteiger charge is -2.09. The van der Waals surface area contributed by atoms with E-state index in [2.05, 4.69) is 15.5 Å². The van der Waals surface area contributed by atoms with Gasteiger partial charge in [-0.1, -0.05) is 39.7 Å². The number of oxime groups is 3. The van der Waals surface area contributed by atoms with Crippen LogP contribution in [0.3, 0.4) is 0 Å². The fraction of sp³-hybridized carbons (Fsp3) is 0.375. The number of benzene rings is 2. The average molecular weight is 446 g/mol. The number of hydrogen-bond donors (Lipinski definition) is 0. The molecule has 0 aliphatic heterocycles. The Balaban J connectivity index is 1.90. The molecule has 6 nitrogen and oxygen atoms in total. The van der Waals surface area contributed by atoms with E-state index in [0.29, 0.717) is 25.7 Å². The zero-order chi connectivity index (χ0) is 23.2. The highest BCUT2D eigenvalue weighted by atomic mass is 19.1. The Morgan fingerprint density at radius 1 is 0.594 bits per heavy atom. The van der Waals surface area contributed by atoms with Crippen molar-refractivity contribution < 1.29 is 23.3 Å². The van der Waals surface area contributed by atoms with Crippen molar-refractivity contribution in [3.63, 3.8) is 0 Å². The van der Waals surface area contributed by atoms with E-state index in [1.165, 1.54) is 45.6 Å². The van der Waals surface area contributed by atoms with E-state index in [0.717, 1.165) is 41.1 Å². The molecule has 0 unspecified atom stereocenters. The Labute approximate surface area is 187 Å². The minimum Gasteiger partial charge on any atom is -0.399 e. The van der Waals surface area contributed by atoms with E-state index in [4.69, 9.17) is 14.5 Å². The number of hydrogen-bond acceptors (Lipinski definition) is 6. The van der Waals surface area contributed by atoms with Gasteiger partial charge in [0, 0.05) is 0 Å². The molecule has 0 N–H and O–H groups in total. The molecule has 0 heterocycles. The maximum absolute atomic E-state index is 13.2. The molecule has 8 heteroatoms. The third kappa shape index (κ3) is 8.45. The fourth-order valence-corrected chi connectivity index (χ4v) is 3.26. The molecule has 0 saturated heterocycles. The highest BCUT2D eigenvalue weighted by molar-refractivity contribution is 6.01. The van der Waals surface area contributed by atoms with Crippen molar-refractivity contribution in [2.24, 2.45) is 15.5 Å². The summed E-state index contributed by atoms with van der Waals surface area (Å²) in [6.45, 7) is 0. The molecule has 0 saturated carbocycles. The molecule has 2 aromatic rings. The summed E-state index contributed by atoms with van der Waals surface area (Å²) < 4.78 is 26.4. The second kappa shape index (κ2) is 13.9. The van der Waals surface area contributed by atoms with E-state index >= 15 is 0 Å². The molecule has 32 heavy (non-hydrogen) atoms. The molecule has 172 valence electrons. The van der Waals surface area contributed by atoms with Crippen LogP contribution in [0.5, 0.6) is 0 Å². The van der Waals surface area contributed by atoms with Crippen molar-refractivity contribution in [3.8, 4) is 0 Å². The third-order valence-corrected chi connectivity index (χ3v) is 4.74. The van der Waals surface area contributed by atoms with Crippen molar-refractivity contribution in [2.75, 3.05) is 21.3 Å². The van der Waals surface area contributed by atoms with Gasteiger partial charge in [0.05, 0.1) is 17.1 Å². The van der Waals surface area contributed by atoms with Crippen molar-refractivity contribution >= 4 is 17.1 Å². The number of halogens is 2. The summed E-state index contributed by atoms with van der Waals surface area (Å²) in [5.41, 5.74) is 4.04. The summed E-state index contributed by atoms with van der Waals surface area (Å²) in [5.74, 6) is -0.589. The molecule has 0 aliphatic carbocycles. The minimum absolute atomic E-state index is 0.294. The van der Waals surface area contributed by atoms with Crippen LogP contribution in [0.25, 0.3) is 0 Å². The van der Waals surface area contributed by atoms with Crippen LogP contribution in [-0.2, 0) is 14.5 Å². The monoisotopic (exact) mass is 445 g/mol. The van der Waals surface area contributed by atoms with Crippen LogP contribution in [0.4, 0.5) is 8.78 Å². The lowest BCUT2D eigenvalue weighted by molar-refractivity contribution is 0.211. The molecule has 0 aliphatic rings. The maximum Gasteiger partial charge on any atom is 0.123 e. The topological polar surface area (TPSA) is 64.8 Å². The lowest BCUT2D eigenvalue weighted by Crippen LogP contribution is -2.07. The van der Waals surface area contributed by atoms with Crippen LogP contribution >= 0.6 is 0 Å². The van der Waals surface area contributed by atoms with Gasteiger partial charge in [-0.05, 0) is 73.9 Å². The summed E-state index contributed by atoms with van der Waals surface area (Å²) in [4.78, 5) is 14.9. The zero-order valence-electron chi connectivity index (χ0n) is 18.7. The van der Waals surface area contributed by atoms with Crippen LogP contribution < -0.4 is 0 Å². The first-order chi connectivity index (χ1) is 15.6.